The molecule has 5 nitrogen and oxygen atoms in total. The van der Waals surface area contributed by atoms with Crippen molar-refractivity contribution in [1.29, 1.82) is 0 Å². The van der Waals surface area contributed by atoms with Crippen LogP contribution in [0.4, 0.5) is 5.69 Å². The van der Waals surface area contributed by atoms with Crippen LogP contribution in [0.3, 0.4) is 0 Å². The maximum atomic E-state index is 12.2. The standard InChI is InChI=1S/C20H21N3O2S2/c1-12(2)21-19(25)15-9-8-14(10-13(15)3)22-18(24)11-26-20-23-16-6-4-5-7-17(16)27-20/h4-10,12H,11H2,1-3H3,(H,21,25)(H,22,24). The molecule has 1 aromatic heterocycles. The van der Waals surface area contributed by atoms with Crippen LogP contribution in [-0.4, -0.2) is 28.6 Å². The molecule has 1 heterocycles. The Bertz CT molecular complexity index is 949. The van der Waals surface area contributed by atoms with Crippen molar-refractivity contribution in [3.63, 3.8) is 0 Å². The minimum Gasteiger partial charge on any atom is -0.350 e. The van der Waals surface area contributed by atoms with Crippen molar-refractivity contribution >= 4 is 50.8 Å². The fraction of sp³-hybridized carbons (Fsp3) is 0.250. The summed E-state index contributed by atoms with van der Waals surface area (Å²) < 4.78 is 1.99. The fourth-order valence-corrected chi connectivity index (χ4v) is 4.44. The van der Waals surface area contributed by atoms with Crippen LogP contribution >= 0.6 is 23.1 Å². The van der Waals surface area contributed by atoms with Gasteiger partial charge in [-0.05, 0) is 56.7 Å². The van der Waals surface area contributed by atoms with Crippen LogP contribution in [0.25, 0.3) is 10.2 Å². The highest BCUT2D eigenvalue weighted by Crippen LogP contribution is 2.29. The molecule has 0 aliphatic carbocycles. The predicted octanol–water partition coefficient (Wildman–Crippen LogP) is 4.47. The van der Waals surface area contributed by atoms with Crippen LogP contribution in [-0.2, 0) is 4.79 Å². The summed E-state index contributed by atoms with van der Waals surface area (Å²) in [5, 5.41) is 5.75. The first kappa shape index (κ1) is 19.4. The number of fused-ring (bicyclic) bond motifs is 1. The molecule has 0 saturated carbocycles. The fourth-order valence-electron chi connectivity index (χ4n) is 2.57. The van der Waals surface area contributed by atoms with Gasteiger partial charge in [-0.2, -0.15) is 0 Å². The van der Waals surface area contributed by atoms with E-state index in [9.17, 15) is 9.59 Å². The lowest BCUT2D eigenvalue weighted by Gasteiger charge is -2.12. The Balaban J connectivity index is 1.58. The first-order chi connectivity index (χ1) is 12.9. The van der Waals surface area contributed by atoms with Crippen LogP contribution in [0.5, 0.6) is 0 Å². The van der Waals surface area contributed by atoms with Gasteiger partial charge in [-0.1, -0.05) is 23.9 Å². The SMILES string of the molecule is Cc1cc(NC(=O)CSc2nc3ccccc3s2)ccc1C(=O)NC(C)C. The van der Waals surface area contributed by atoms with E-state index in [2.05, 4.69) is 15.6 Å². The molecule has 2 aromatic carbocycles. The van der Waals surface area contributed by atoms with Crippen LogP contribution in [0, 0.1) is 6.92 Å². The highest BCUT2D eigenvalue weighted by molar-refractivity contribution is 8.01. The maximum absolute atomic E-state index is 12.2. The van der Waals surface area contributed by atoms with E-state index in [1.54, 1.807) is 23.5 Å². The molecule has 0 fully saturated rings. The number of para-hydroxylation sites is 1. The molecule has 3 rings (SSSR count). The van der Waals surface area contributed by atoms with E-state index in [1.165, 1.54) is 11.8 Å². The molecule has 0 aliphatic rings. The Morgan fingerprint density at radius 3 is 2.67 bits per heavy atom. The van der Waals surface area contributed by atoms with E-state index >= 15 is 0 Å². The lowest BCUT2D eigenvalue weighted by atomic mass is 10.1. The zero-order chi connectivity index (χ0) is 19.4. The molecule has 0 spiro atoms. The first-order valence-electron chi connectivity index (χ1n) is 8.62. The molecule has 2 amide bonds. The average molecular weight is 400 g/mol. The van der Waals surface area contributed by atoms with Crippen LogP contribution in [0.1, 0.15) is 29.8 Å². The van der Waals surface area contributed by atoms with Gasteiger partial charge in [0.1, 0.15) is 0 Å². The molecule has 7 heteroatoms. The third-order valence-corrected chi connectivity index (χ3v) is 5.95. The van der Waals surface area contributed by atoms with Crippen LogP contribution < -0.4 is 10.6 Å². The molecule has 0 aliphatic heterocycles. The molecular weight excluding hydrogens is 378 g/mol. The van der Waals surface area contributed by atoms with Crippen LogP contribution in [0.15, 0.2) is 46.8 Å². The van der Waals surface area contributed by atoms with Crippen molar-refractivity contribution in [3.05, 3.63) is 53.6 Å². The van der Waals surface area contributed by atoms with Gasteiger partial charge in [-0.3, -0.25) is 9.59 Å². The Hall–Kier alpha value is -2.38. The van der Waals surface area contributed by atoms with Gasteiger partial charge in [0.15, 0.2) is 4.34 Å². The monoisotopic (exact) mass is 399 g/mol. The Morgan fingerprint density at radius 2 is 1.96 bits per heavy atom. The van der Waals surface area contributed by atoms with Gasteiger partial charge in [0.2, 0.25) is 5.91 Å². The summed E-state index contributed by atoms with van der Waals surface area (Å²) in [5.41, 5.74) is 3.08. The summed E-state index contributed by atoms with van der Waals surface area (Å²) in [6, 6.07) is 13.3. The molecule has 3 aromatic rings. The Labute approximate surface area is 166 Å². The van der Waals surface area contributed by atoms with Gasteiger partial charge in [-0.15, -0.1) is 11.3 Å². The van der Waals surface area contributed by atoms with E-state index < -0.39 is 0 Å². The lowest BCUT2D eigenvalue weighted by molar-refractivity contribution is -0.113. The summed E-state index contributed by atoms with van der Waals surface area (Å²) in [6.07, 6.45) is 0. The molecule has 0 bridgehead atoms. The number of carbonyl (C=O) groups is 2. The molecule has 2 N–H and O–H groups in total. The van der Waals surface area contributed by atoms with Crippen molar-refractivity contribution in [2.24, 2.45) is 0 Å². The maximum Gasteiger partial charge on any atom is 0.251 e. The second-order valence-electron chi connectivity index (χ2n) is 6.44. The van der Waals surface area contributed by atoms with Gasteiger partial charge >= 0.3 is 0 Å². The zero-order valence-electron chi connectivity index (χ0n) is 15.4. The van der Waals surface area contributed by atoms with E-state index in [1.807, 2.05) is 51.1 Å². The van der Waals surface area contributed by atoms with E-state index in [0.29, 0.717) is 11.3 Å². The van der Waals surface area contributed by atoms with Gasteiger partial charge in [-0.25, -0.2) is 4.98 Å². The lowest BCUT2D eigenvalue weighted by Crippen LogP contribution is -2.30. The van der Waals surface area contributed by atoms with Gasteiger partial charge in [0.05, 0.1) is 16.0 Å². The van der Waals surface area contributed by atoms with Crippen molar-refractivity contribution in [2.75, 3.05) is 11.1 Å². The number of hydrogen-bond acceptors (Lipinski definition) is 5. The number of carbonyl (C=O) groups excluding carboxylic acids is 2. The number of benzene rings is 2. The summed E-state index contributed by atoms with van der Waals surface area (Å²) in [4.78, 5) is 28.9. The number of nitrogens with zero attached hydrogens (tertiary/aromatic N) is 1. The third-order valence-electron chi connectivity index (χ3n) is 3.78. The molecule has 140 valence electrons. The van der Waals surface area contributed by atoms with E-state index in [4.69, 9.17) is 0 Å². The number of amides is 2. The summed E-state index contributed by atoms with van der Waals surface area (Å²) in [5.74, 6) is 0.0823. The molecular formula is C20H21N3O2S2. The summed E-state index contributed by atoms with van der Waals surface area (Å²) in [6.45, 7) is 5.70. The molecule has 0 unspecified atom stereocenters. The number of aryl methyl sites for hydroxylation is 1. The number of thiazole rings is 1. The van der Waals surface area contributed by atoms with Gasteiger partial charge in [0, 0.05) is 17.3 Å². The minimum absolute atomic E-state index is 0.0795. The quantitative estimate of drug-likeness (QED) is 0.600. The predicted molar refractivity (Wildman–Crippen MR) is 113 cm³/mol. The average Bonchev–Trinajstić information content (AvgIpc) is 3.02. The number of hydrogen-bond donors (Lipinski definition) is 2. The largest absolute Gasteiger partial charge is 0.350 e. The van der Waals surface area contributed by atoms with Crippen LogP contribution in [0.2, 0.25) is 0 Å². The van der Waals surface area contributed by atoms with Crippen molar-refractivity contribution in [1.82, 2.24) is 10.3 Å². The first-order valence-corrected chi connectivity index (χ1v) is 10.4. The number of aromatic nitrogens is 1. The normalized spacial score (nSPS) is 11.0. The number of rotatable bonds is 6. The molecule has 0 atom stereocenters. The minimum atomic E-state index is -0.105. The summed E-state index contributed by atoms with van der Waals surface area (Å²) >= 11 is 3.01. The smallest absolute Gasteiger partial charge is 0.251 e. The van der Waals surface area contributed by atoms with Crippen molar-refractivity contribution in [3.8, 4) is 0 Å². The topological polar surface area (TPSA) is 71.1 Å². The molecule has 0 radical (unpaired) electrons. The van der Waals surface area contributed by atoms with Gasteiger partial charge < -0.3 is 10.6 Å². The number of anilines is 1. The van der Waals surface area contributed by atoms with Gasteiger partial charge in [0.25, 0.3) is 5.91 Å². The second-order valence-corrected chi connectivity index (χ2v) is 8.70. The zero-order valence-corrected chi connectivity index (χ0v) is 17.0. The van der Waals surface area contributed by atoms with Crippen molar-refractivity contribution in [2.45, 2.75) is 31.2 Å². The third kappa shape index (κ3) is 5.08. The van der Waals surface area contributed by atoms with E-state index in [0.717, 1.165) is 20.1 Å². The second kappa shape index (κ2) is 8.54. The Kier molecular flexibility index (Phi) is 6.13. The number of nitrogens with one attached hydrogen (secondary N) is 2. The Morgan fingerprint density at radius 1 is 1.19 bits per heavy atom. The van der Waals surface area contributed by atoms with E-state index in [-0.39, 0.29) is 23.6 Å². The highest BCUT2D eigenvalue weighted by atomic mass is 32.2. The molecule has 27 heavy (non-hydrogen) atoms. The number of thioether (sulfide) groups is 1. The highest BCUT2D eigenvalue weighted by Gasteiger charge is 2.12. The summed E-state index contributed by atoms with van der Waals surface area (Å²) in [7, 11) is 0. The molecule has 0 saturated heterocycles. The van der Waals surface area contributed by atoms with Crippen molar-refractivity contribution < 1.29 is 9.59 Å².